The lowest BCUT2D eigenvalue weighted by Crippen LogP contribution is -1.94. The molecular weight excluding hydrogens is 264 g/mol. The van der Waals surface area contributed by atoms with Crippen molar-refractivity contribution in [3.8, 4) is 11.3 Å². The molecule has 1 aromatic carbocycles. The van der Waals surface area contributed by atoms with Gasteiger partial charge in [0, 0.05) is 12.0 Å². The van der Waals surface area contributed by atoms with Gasteiger partial charge in [-0.3, -0.25) is 4.79 Å². The second-order valence-electron chi connectivity index (χ2n) is 5.30. The number of aliphatic carboxylic acids is 1. The van der Waals surface area contributed by atoms with Crippen LogP contribution in [0, 0.1) is 0 Å². The minimum Gasteiger partial charge on any atom is -0.481 e. The SMILES string of the molecule is O=C(O)CCCCCCCc1ccccc1-c1ccco1. The highest BCUT2D eigenvalue weighted by Gasteiger charge is 2.06. The number of aryl methyl sites for hydroxylation is 1. The Balaban J connectivity index is 1.75. The van der Waals surface area contributed by atoms with E-state index in [0.717, 1.165) is 44.3 Å². The van der Waals surface area contributed by atoms with Crippen molar-refractivity contribution >= 4 is 5.97 Å². The second-order valence-corrected chi connectivity index (χ2v) is 5.30. The maximum absolute atomic E-state index is 10.4. The fraction of sp³-hybridized carbons (Fsp3) is 0.389. The molecule has 3 heteroatoms. The minimum absolute atomic E-state index is 0.293. The Morgan fingerprint density at radius 1 is 0.952 bits per heavy atom. The van der Waals surface area contributed by atoms with Crippen LogP contribution in [0.4, 0.5) is 0 Å². The summed E-state index contributed by atoms with van der Waals surface area (Å²) in [4.78, 5) is 10.4. The average molecular weight is 286 g/mol. The van der Waals surface area contributed by atoms with Gasteiger partial charge in [0.25, 0.3) is 0 Å². The van der Waals surface area contributed by atoms with Gasteiger partial charge in [0.05, 0.1) is 6.26 Å². The predicted molar refractivity (Wildman–Crippen MR) is 83.2 cm³/mol. The average Bonchev–Trinajstić information content (AvgIpc) is 3.00. The molecule has 0 radical (unpaired) electrons. The molecule has 1 heterocycles. The third kappa shape index (κ3) is 5.10. The van der Waals surface area contributed by atoms with Gasteiger partial charge in [-0.2, -0.15) is 0 Å². The summed E-state index contributed by atoms with van der Waals surface area (Å²) < 4.78 is 5.49. The van der Waals surface area contributed by atoms with E-state index in [2.05, 4.69) is 18.2 Å². The van der Waals surface area contributed by atoms with E-state index in [9.17, 15) is 4.79 Å². The molecular formula is C18H22O3. The Bertz CT molecular complexity index is 543. The Morgan fingerprint density at radius 3 is 2.48 bits per heavy atom. The molecule has 112 valence electrons. The van der Waals surface area contributed by atoms with E-state index >= 15 is 0 Å². The zero-order chi connectivity index (χ0) is 14.9. The van der Waals surface area contributed by atoms with Gasteiger partial charge < -0.3 is 9.52 Å². The summed E-state index contributed by atoms with van der Waals surface area (Å²) in [5.74, 6) is 0.231. The zero-order valence-corrected chi connectivity index (χ0v) is 12.3. The van der Waals surface area contributed by atoms with Crippen molar-refractivity contribution in [1.29, 1.82) is 0 Å². The molecule has 2 aromatic rings. The van der Waals surface area contributed by atoms with Gasteiger partial charge in [0.1, 0.15) is 5.76 Å². The summed E-state index contributed by atoms with van der Waals surface area (Å²) in [5, 5.41) is 8.58. The smallest absolute Gasteiger partial charge is 0.303 e. The number of rotatable bonds is 9. The van der Waals surface area contributed by atoms with E-state index in [1.54, 1.807) is 6.26 Å². The fourth-order valence-electron chi connectivity index (χ4n) is 2.53. The van der Waals surface area contributed by atoms with E-state index < -0.39 is 5.97 Å². The summed E-state index contributed by atoms with van der Waals surface area (Å²) in [6, 6.07) is 12.3. The van der Waals surface area contributed by atoms with Gasteiger partial charge in [-0.05, 0) is 37.0 Å². The normalized spacial score (nSPS) is 10.7. The molecule has 1 N–H and O–H groups in total. The molecule has 0 fully saturated rings. The third-order valence-corrected chi connectivity index (χ3v) is 3.64. The van der Waals surface area contributed by atoms with E-state index in [-0.39, 0.29) is 0 Å². The van der Waals surface area contributed by atoms with Gasteiger partial charge in [0.2, 0.25) is 0 Å². The van der Waals surface area contributed by atoms with Crippen LogP contribution in [0.3, 0.4) is 0 Å². The molecule has 0 aliphatic rings. The number of hydrogen-bond acceptors (Lipinski definition) is 2. The number of hydrogen-bond donors (Lipinski definition) is 1. The van der Waals surface area contributed by atoms with E-state index in [1.807, 2.05) is 18.2 Å². The number of carboxylic acids is 1. The van der Waals surface area contributed by atoms with Crippen LogP contribution in [0.1, 0.15) is 44.1 Å². The van der Waals surface area contributed by atoms with Crippen molar-refractivity contribution in [3.63, 3.8) is 0 Å². The fourth-order valence-corrected chi connectivity index (χ4v) is 2.53. The first-order valence-corrected chi connectivity index (χ1v) is 7.61. The highest BCUT2D eigenvalue weighted by Crippen LogP contribution is 2.25. The molecule has 1 aromatic heterocycles. The number of carbonyl (C=O) groups is 1. The quantitative estimate of drug-likeness (QED) is 0.666. The Kier molecular flexibility index (Phi) is 6.07. The zero-order valence-electron chi connectivity index (χ0n) is 12.3. The minimum atomic E-state index is -0.692. The lowest BCUT2D eigenvalue weighted by Gasteiger charge is -2.07. The summed E-state index contributed by atoms with van der Waals surface area (Å²) in [6.07, 6.45) is 8.21. The predicted octanol–water partition coefficient (Wildman–Crippen LogP) is 4.91. The molecule has 21 heavy (non-hydrogen) atoms. The van der Waals surface area contributed by atoms with Crippen LogP contribution in [0.5, 0.6) is 0 Å². The number of furan rings is 1. The molecule has 2 rings (SSSR count). The first-order valence-electron chi connectivity index (χ1n) is 7.61. The maximum Gasteiger partial charge on any atom is 0.303 e. The van der Waals surface area contributed by atoms with Crippen molar-refractivity contribution in [2.24, 2.45) is 0 Å². The Morgan fingerprint density at radius 2 is 1.71 bits per heavy atom. The molecule has 3 nitrogen and oxygen atoms in total. The van der Waals surface area contributed by atoms with Crippen molar-refractivity contribution < 1.29 is 14.3 Å². The molecule has 0 amide bonds. The van der Waals surface area contributed by atoms with E-state index in [4.69, 9.17) is 9.52 Å². The van der Waals surface area contributed by atoms with Crippen molar-refractivity contribution in [2.45, 2.75) is 44.9 Å². The molecule has 0 aliphatic carbocycles. The number of carboxylic acid groups (broad SMARTS) is 1. The van der Waals surface area contributed by atoms with Crippen LogP contribution in [0.2, 0.25) is 0 Å². The molecule has 0 aliphatic heterocycles. The highest BCUT2D eigenvalue weighted by atomic mass is 16.4. The van der Waals surface area contributed by atoms with Crippen molar-refractivity contribution in [3.05, 3.63) is 48.2 Å². The van der Waals surface area contributed by atoms with Crippen LogP contribution in [0.25, 0.3) is 11.3 Å². The van der Waals surface area contributed by atoms with Gasteiger partial charge >= 0.3 is 5.97 Å². The number of benzene rings is 1. The number of unbranched alkanes of at least 4 members (excludes halogenated alkanes) is 4. The Hall–Kier alpha value is -2.03. The van der Waals surface area contributed by atoms with Gasteiger partial charge in [-0.1, -0.05) is 43.5 Å². The standard InChI is InChI=1S/C18H22O3/c19-18(20)13-5-3-1-2-4-9-15-10-6-7-11-16(15)17-12-8-14-21-17/h6-8,10-12,14H,1-5,9,13H2,(H,19,20). The summed E-state index contributed by atoms with van der Waals surface area (Å²) in [6.45, 7) is 0. The first kappa shape index (κ1) is 15.4. The first-order chi connectivity index (χ1) is 10.3. The van der Waals surface area contributed by atoms with Crippen LogP contribution in [-0.2, 0) is 11.2 Å². The molecule has 0 saturated carbocycles. The van der Waals surface area contributed by atoms with Crippen LogP contribution >= 0.6 is 0 Å². The molecule has 0 saturated heterocycles. The Labute approximate surface area is 125 Å². The summed E-state index contributed by atoms with van der Waals surface area (Å²) >= 11 is 0. The molecule has 0 unspecified atom stereocenters. The van der Waals surface area contributed by atoms with Gasteiger partial charge in [-0.15, -0.1) is 0 Å². The molecule has 0 bridgehead atoms. The molecule has 0 spiro atoms. The van der Waals surface area contributed by atoms with Gasteiger partial charge in [-0.25, -0.2) is 0 Å². The van der Waals surface area contributed by atoms with Crippen LogP contribution < -0.4 is 0 Å². The largest absolute Gasteiger partial charge is 0.481 e. The second kappa shape index (κ2) is 8.30. The van der Waals surface area contributed by atoms with Crippen molar-refractivity contribution in [2.75, 3.05) is 0 Å². The molecule has 0 atom stereocenters. The lowest BCUT2D eigenvalue weighted by molar-refractivity contribution is -0.137. The van der Waals surface area contributed by atoms with Gasteiger partial charge in [0.15, 0.2) is 0 Å². The van der Waals surface area contributed by atoms with Crippen molar-refractivity contribution in [1.82, 2.24) is 0 Å². The van der Waals surface area contributed by atoms with Crippen LogP contribution in [0.15, 0.2) is 47.1 Å². The topological polar surface area (TPSA) is 50.4 Å². The third-order valence-electron chi connectivity index (χ3n) is 3.64. The lowest BCUT2D eigenvalue weighted by atomic mass is 9.99. The maximum atomic E-state index is 10.4. The van der Waals surface area contributed by atoms with E-state index in [1.165, 1.54) is 11.1 Å². The summed E-state index contributed by atoms with van der Waals surface area (Å²) in [7, 11) is 0. The highest BCUT2D eigenvalue weighted by molar-refractivity contribution is 5.66. The monoisotopic (exact) mass is 286 g/mol. The summed E-state index contributed by atoms with van der Waals surface area (Å²) in [5.41, 5.74) is 2.49. The van der Waals surface area contributed by atoms with E-state index in [0.29, 0.717) is 6.42 Å². The van der Waals surface area contributed by atoms with Crippen LogP contribution in [-0.4, -0.2) is 11.1 Å².